The van der Waals surface area contributed by atoms with Crippen molar-refractivity contribution in [2.75, 3.05) is 11.4 Å². The van der Waals surface area contributed by atoms with E-state index in [1.807, 2.05) is 12.1 Å². The molecule has 2 aliphatic carbocycles. The Morgan fingerprint density at radius 1 is 1.19 bits per heavy atom. The van der Waals surface area contributed by atoms with Crippen molar-refractivity contribution in [3.05, 3.63) is 29.3 Å². The molecule has 1 heterocycles. The molecule has 4 rings (SSSR count). The van der Waals surface area contributed by atoms with Gasteiger partial charge in [0.15, 0.2) is 0 Å². The maximum Gasteiger partial charge on any atom is 0.249 e. The van der Waals surface area contributed by atoms with Crippen molar-refractivity contribution in [1.82, 2.24) is 5.32 Å². The largest absolute Gasteiger partial charge is 0.344 e. The summed E-state index contributed by atoms with van der Waals surface area (Å²) in [6, 6.07) is 7.10. The van der Waals surface area contributed by atoms with Crippen LogP contribution in [0.25, 0.3) is 0 Å². The minimum absolute atomic E-state index is 0.00174. The van der Waals surface area contributed by atoms with E-state index < -0.39 is 6.04 Å². The van der Waals surface area contributed by atoms with Gasteiger partial charge in [0.25, 0.3) is 0 Å². The molecule has 26 heavy (non-hydrogen) atoms. The van der Waals surface area contributed by atoms with E-state index in [2.05, 4.69) is 5.32 Å². The number of anilines is 1. The lowest BCUT2D eigenvalue weighted by molar-refractivity contribution is -0.131. The number of nitrogens with zero attached hydrogens (tertiary/aromatic N) is 1. The first-order chi connectivity index (χ1) is 12.5. The van der Waals surface area contributed by atoms with Crippen LogP contribution in [0.1, 0.15) is 38.5 Å². The molecule has 5 nitrogen and oxygen atoms in total. The number of nitrogens with two attached hydrogens (primary N) is 1. The fourth-order valence-corrected chi connectivity index (χ4v) is 5.19. The minimum Gasteiger partial charge on any atom is -0.344 e. The third kappa shape index (κ3) is 3.35. The number of carbonyl (C=O) groups is 2. The van der Waals surface area contributed by atoms with Gasteiger partial charge >= 0.3 is 0 Å². The fraction of sp³-hybridized carbons (Fsp3) is 0.600. The normalized spacial score (nSPS) is 34.0. The Morgan fingerprint density at radius 3 is 2.62 bits per heavy atom. The van der Waals surface area contributed by atoms with E-state index in [0.29, 0.717) is 29.8 Å². The van der Waals surface area contributed by atoms with Crippen molar-refractivity contribution in [2.24, 2.45) is 23.5 Å². The van der Waals surface area contributed by atoms with E-state index in [-0.39, 0.29) is 23.8 Å². The van der Waals surface area contributed by atoms with Gasteiger partial charge in [-0.05, 0) is 62.1 Å². The molecule has 2 amide bonds. The van der Waals surface area contributed by atoms with E-state index in [1.165, 1.54) is 6.42 Å². The van der Waals surface area contributed by atoms with Crippen LogP contribution in [0.2, 0.25) is 5.02 Å². The number of rotatable bonds is 3. The Hall–Kier alpha value is -1.59. The maximum atomic E-state index is 12.8. The predicted molar refractivity (Wildman–Crippen MR) is 102 cm³/mol. The van der Waals surface area contributed by atoms with Gasteiger partial charge in [-0.3, -0.25) is 9.59 Å². The molecule has 1 saturated heterocycles. The van der Waals surface area contributed by atoms with Crippen molar-refractivity contribution in [3.63, 3.8) is 0 Å². The molecular formula is C20H26ClN3O2. The maximum absolute atomic E-state index is 12.8. The molecule has 0 spiro atoms. The smallest absolute Gasteiger partial charge is 0.249 e. The highest BCUT2D eigenvalue weighted by Crippen LogP contribution is 2.42. The highest BCUT2D eigenvalue weighted by atomic mass is 35.5. The van der Waals surface area contributed by atoms with Gasteiger partial charge in [-0.2, -0.15) is 0 Å². The molecule has 2 saturated carbocycles. The van der Waals surface area contributed by atoms with E-state index >= 15 is 0 Å². The van der Waals surface area contributed by atoms with E-state index in [4.69, 9.17) is 17.3 Å². The first-order valence-electron chi connectivity index (χ1n) is 9.66. The molecule has 3 N–H and O–H groups in total. The Balaban J connectivity index is 1.39. The number of benzene rings is 1. The van der Waals surface area contributed by atoms with Crippen molar-refractivity contribution >= 4 is 29.1 Å². The van der Waals surface area contributed by atoms with Crippen LogP contribution in [-0.4, -0.2) is 30.4 Å². The number of fused-ring (bicyclic) bond motifs is 2. The van der Waals surface area contributed by atoms with Crippen molar-refractivity contribution in [3.8, 4) is 0 Å². The number of carbonyl (C=O) groups excluding carboxylic acids is 2. The first kappa shape index (κ1) is 17.8. The summed E-state index contributed by atoms with van der Waals surface area (Å²) >= 11 is 6.03. The number of amides is 2. The van der Waals surface area contributed by atoms with Crippen LogP contribution in [0.15, 0.2) is 24.3 Å². The molecule has 140 valence electrons. The summed E-state index contributed by atoms with van der Waals surface area (Å²) in [6.07, 6.45) is 5.85. The zero-order valence-corrected chi connectivity index (χ0v) is 15.6. The zero-order chi connectivity index (χ0) is 18.3. The quantitative estimate of drug-likeness (QED) is 0.852. The third-order valence-corrected chi connectivity index (χ3v) is 6.66. The lowest BCUT2D eigenvalue weighted by Crippen LogP contribution is -2.51. The summed E-state index contributed by atoms with van der Waals surface area (Å²) in [4.78, 5) is 27.2. The van der Waals surface area contributed by atoms with Crippen LogP contribution in [0.3, 0.4) is 0 Å². The predicted octanol–water partition coefficient (Wildman–Crippen LogP) is 2.72. The molecule has 6 heteroatoms. The number of nitrogens with one attached hydrogen (secondary N) is 1. The first-order valence-corrected chi connectivity index (χ1v) is 10.0. The number of hydrogen-bond acceptors (Lipinski definition) is 3. The average Bonchev–Trinajstić information content (AvgIpc) is 2.95. The molecule has 3 aliphatic rings. The van der Waals surface area contributed by atoms with Gasteiger partial charge in [-0.1, -0.05) is 24.1 Å². The summed E-state index contributed by atoms with van der Waals surface area (Å²) < 4.78 is 0. The average molecular weight is 376 g/mol. The highest BCUT2D eigenvalue weighted by Gasteiger charge is 2.42. The van der Waals surface area contributed by atoms with E-state index in [1.54, 1.807) is 17.0 Å². The van der Waals surface area contributed by atoms with Crippen molar-refractivity contribution in [2.45, 2.75) is 50.6 Å². The van der Waals surface area contributed by atoms with Crippen LogP contribution in [0.5, 0.6) is 0 Å². The second-order valence-electron chi connectivity index (χ2n) is 8.02. The Bertz CT molecular complexity index is 696. The van der Waals surface area contributed by atoms with Crippen LogP contribution < -0.4 is 16.0 Å². The molecule has 0 radical (unpaired) electrons. The van der Waals surface area contributed by atoms with E-state index in [0.717, 1.165) is 31.4 Å². The second kappa shape index (κ2) is 7.20. The van der Waals surface area contributed by atoms with Crippen LogP contribution in [0.4, 0.5) is 5.69 Å². The minimum atomic E-state index is -0.433. The monoisotopic (exact) mass is 375 g/mol. The second-order valence-corrected chi connectivity index (χ2v) is 8.45. The molecule has 1 aliphatic heterocycles. The Labute approximate surface area is 159 Å². The lowest BCUT2D eigenvalue weighted by atomic mass is 9.65. The van der Waals surface area contributed by atoms with Gasteiger partial charge in [0.2, 0.25) is 11.8 Å². The van der Waals surface area contributed by atoms with Gasteiger partial charge in [0.05, 0.1) is 0 Å². The SMILES string of the molecule is NC1C2CCCC1CC(C(=O)NC1CCN(c3cccc(Cl)c3)C1=O)C2. The molecule has 2 bridgehead atoms. The van der Waals surface area contributed by atoms with Crippen LogP contribution >= 0.6 is 11.6 Å². The van der Waals surface area contributed by atoms with Gasteiger partial charge < -0.3 is 16.0 Å². The lowest BCUT2D eigenvalue weighted by Gasteiger charge is -2.43. The summed E-state index contributed by atoms with van der Waals surface area (Å²) in [7, 11) is 0. The van der Waals surface area contributed by atoms with Crippen LogP contribution in [-0.2, 0) is 9.59 Å². The molecule has 3 atom stereocenters. The number of hydrogen-bond donors (Lipinski definition) is 2. The molecular weight excluding hydrogens is 350 g/mol. The topological polar surface area (TPSA) is 75.4 Å². The highest BCUT2D eigenvalue weighted by molar-refractivity contribution is 6.31. The number of halogens is 1. The summed E-state index contributed by atoms with van der Waals surface area (Å²) in [6.45, 7) is 0.602. The summed E-state index contributed by atoms with van der Waals surface area (Å²) in [5.41, 5.74) is 7.11. The fourth-order valence-electron chi connectivity index (χ4n) is 5.01. The third-order valence-electron chi connectivity index (χ3n) is 6.43. The molecule has 3 unspecified atom stereocenters. The van der Waals surface area contributed by atoms with Gasteiger partial charge in [0.1, 0.15) is 6.04 Å². The molecule has 1 aromatic carbocycles. The summed E-state index contributed by atoms with van der Waals surface area (Å²) in [5.74, 6) is 0.896. The van der Waals surface area contributed by atoms with Crippen molar-refractivity contribution in [1.29, 1.82) is 0 Å². The molecule has 0 aromatic heterocycles. The van der Waals surface area contributed by atoms with Crippen LogP contribution in [0, 0.1) is 17.8 Å². The molecule has 3 fully saturated rings. The Kier molecular flexibility index (Phi) is 4.93. The van der Waals surface area contributed by atoms with Gasteiger partial charge in [-0.25, -0.2) is 0 Å². The van der Waals surface area contributed by atoms with Gasteiger partial charge in [0, 0.05) is 29.2 Å². The van der Waals surface area contributed by atoms with E-state index in [9.17, 15) is 9.59 Å². The molecule has 1 aromatic rings. The van der Waals surface area contributed by atoms with Gasteiger partial charge in [-0.15, -0.1) is 0 Å². The van der Waals surface area contributed by atoms with Crippen molar-refractivity contribution < 1.29 is 9.59 Å². The zero-order valence-electron chi connectivity index (χ0n) is 14.9. The standard InChI is InChI=1S/C20H26ClN3O2/c21-15-5-2-6-16(11-15)24-8-7-17(20(24)26)23-19(25)14-9-12-3-1-4-13(10-14)18(12)22/h2,5-6,11-14,17-18H,1,3-4,7-10,22H2,(H,23,25). The summed E-state index contributed by atoms with van der Waals surface area (Å²) in [5, 5.41) is 3.62. The Morgan fingerprint density at radius 2 is 1.92 bits per heavy atom.